The van der Waals surface area contributed by atoms with Crippen LogP contribution in [0.3, 0.4) is 0 Å². The first-order chi connectivity index (χ1) is 16.7. The monoisotopic (exact) mass is 498 g/mol. The van der Waals surface area contributed by atoms with Gasteiger partial charge in [-0.3, -0.25) is 24.1 Å². The Morgan fingerprint density at radius 1 is 1.26 bits per heavy atom. The van der Waals surface area contributed by atoms with Gasteiger partial charge in [0.25, 0.3) is 11.5 Å². The van der Waals surface area contributed by atoms with E-state index in [0.717, 1.165) is 4.57 Å². The smallest absolute Gasteiger partial charge is 0.296 e. The first-order valence-electron chi connectivity index (χ1n) is 10.4. The average Bonchev–Trinajstić information content (AvgIpc) is 3.34. The van der Waals surface area contributed by atoms with Crippen LogP contribution in [0.2, 0.25) is 5.02 Å². The Hall–Kier alpha value is -4.12. The van der Waals surface area contributed by atoms with Gasteiger partial charge in [-0.05, 0) is 30.7 Å². The molecule has 10 nitrogen and oxygen atoms in total. The van der Waals surface area contributed by atoms with Crippen molar-refractivity contribution in [2.24, 2.45) is 7.05 Å². The Morgan fingerprint density at radius 2 is 2.03 bits per heavy atom. The van der Waals surface area contributed by atoms with Crippen LogP contribution in [-0.2, 0) is 7.05 Å². The SMILES string of the molecule is Cc1cnc([C@@H](c2cc(F)ccc2Cl)[C@@H](C)c2nc(C(=O)Nc3cnoc3)c(O)c(=O)n2C)cn1. The number of hydrogen-bond donors (Lipinski definition) is 2. The summed E-state index contributed by atoms with van der Waals surface area (Å²) in [6, 6.07) is 3.94. The molecule has 2 N–H and O–H groups in total. The Morgan fingerprint density at radius 3 is 2.69 bits per heavy atom. The van der Waals surface area contributed by atoms with Crippen LogP contribution in [0, 0.1) is 12.7 Å². The lowest BCUT2D eigenvalue weighted by atomic mass is 9.83. The summed E-state index contributed by atoms with van der Waals surface area (Å²) in [5.41, 5.74) is 0.411. The molecule has 3 heterocycles. The molecule has 0 unspecified atom stereocenters. The average molecular weight is 499 g/mol. The fourth-order valence-corrected chi connectivity index (χ4v) is 4.01. The second kappa shape index (κ2) is 9.63. The second-order valence-electron chi connectivity index (χ2n) is 7.91. The van der Waals surface area contributed by atoms with Gasteiger partial charge in [0.1, 0.15) is 23.6 Å². The Kier molecular flexibility index (Phi) is 6.61. The zero-order valence-corrected chi connectivity index (χ0v) is 19.6. The molecular formula is C23H20ClFN6O4. The van der Waals surface area contributed by atoms with Crippen LogP contribution in [0.15, 0.2) is 52.4 Å². The third-order valence-electron chi connectivity index (χ3n) is 5.53. The summed E-state index contributed by atoms with van der Waals surface area (Å²) >= 11 is 6.44. The van der Waals surface area contributed by atoms with Gasteiger partial charge in [0.15, 0.2) is 5.69 Å². The largest absolute Gasteiger partial charge is 0.501 e. The highest BCUT2D eigenvalue weighted by Gasteiger charge is 2.31. The van der Waals surface area contributed by atoms with Gasteiger partial charge in [-0.15, -0.1) is 0 Å². The highest BCUT2D eigenvalue weighted by atomic mass is 35.5. The maximum atomic E-state index is 14.2. The number of aromatic hydroxyl groups is 1. The zero-order valence-electron chi connectivity index (χ0n) is 18.9. The predicted octanol–water partition coefficient (Wildman–Crippen LogP) is 3.55. The van der Waals surface area contributed by atoms with E-state index in [1.54, 1.807) is 20.0 Å². The number of aromatic nitrogens is 5. The molecule has 180 valence electrons. The van der Waals surface area contributed by atoms with Crippen molar-refractivity contribution in [1.82, 2.24) is 24.7 Å². The van der Waals surface area contributed by atoms with Crippen molar-refractivity contribution < 1.29 is 18.8 Å². The molecule has 0 aliphatic heterocycles. The van der Waals surface area contributed by atoms with Crippen LogP contribution in [0.1, 0.15) is 52.0 Å². The Labute approximate surface area is 203 Å². The molecule has 4 aromatic rings. The van der Waals surface area contributed by atoms with Crippen molar-refractivity contribution >= 4 is 23.2 Å². The summed E-state index contributed by atoms with van der Waals surface area (Å²) in [4.78, 5) is 38.7. The molecule has 0 spiro atoms. The molecule has 1 amide bonds. The minimum absolute atomic E-state index is 0.135. The third kappa shape index (κ3) is 4.76. The maximum Gasteiger partial charge on any atom is 0.296 e. The van der Waals surface area contributed by atoms with E-state index < -0.39 is 40.6 Å². The molecule has 0 radical (unpaired) electrons. The van der Waals surface area contributed by atoms with E-state index in [-0.39, 0.29) is 16.5 Å². The molecule has 0 saturated heterocycles. The van der Waals surface area contributed by atoms with E-state index in [1.807, 2.05) is 0 Å². The lowest BCUT2D eigenvalue weighted by molar-refractivity contribution is 0.101. The topological polar surface area (TPSA) is 136 Å². The Balaban J connectivity index is 1.86. The van der Waals surface area contributed by atoms with Gasteiger partial charge in [0.2, 0.25) is 5.75 Å². The lowest BCUT2D eigenvalue weighted by Crippen LogP contribution is -2.29. The molecule has 12 heteroatoms. The lowest BCUT2D eigenvalue weighted by Gasteiger charge is -2.26. The van der Waals surface area contributed by atoms with Gasteiger partial charge in [-0.1, -0.05) is 23.7 Å². The molecule has 2 atom stereocenters. The van der Waals surface area contributed by atoms with Crippen molar-refractivity contribution in [1.29, 1.82) is 0 Å². The van der Waals surface area contributed by atoms with E-state index in [9.17, 15) is 19.1 Å². The number of nitrogens with zero attached hydrogens (tertiary/aromatic N) is 5. The van der Waals surface area contributed by atoms with Crippen molar-refractivity contribution in [3.05, 3.63) is 92.7 Å². The molecule has 0 aliphatic carbocycles. The number of halogens is 2. The summed E-state index contributed by atoms with van der Waals surface area (Å²) in [5, 5.41) is 16.6. The Bertz CT molecular complexity index is 1440. The molecule has 0 bridgehead atoms. The highest BCUT2D eigenvalue weighted by Crippen LogP contribution is 2.40. The van der Waals surface area contributed by atoms with E-state index in [2.05, 4.69) is 29.9 Å². The number of anilines is 1. The van der Waals surface area contributed by atoms with Gasteiger partial charge in [-0.2, -0.15) is 0 Å². The van der Waals surface area contributed by atoms with Crippen molar-refractivity contribution in [3.63, 3.8) is 0 Å². The van der Waals surface area contributed by atoms with E-state index >= 15 is 0 Å². The highest BCUT2D eigenvalue weighted by molar-refractivity contribution is 6.31. The van der Waals surface area contributed by atoms with E-state index in [1.165, 1.54) is 43.9 Å². The first kappa shape index (κ1) is 24.0. The van der Waals surface area contributed by atoms with Crippen molar-refractivity contribution in [3.8, 4) is 5.75 Å². The molecule has 1 aromatic carbocycles. The first-order valence-corrected chi connectivity index (χ1v) is 10.8. The van der Waals surface area contributed by atoms with Crippen molar-refractivity contribution in [2.45, 2.75) is 25.7 Å². The van der Waals surface area contributed by atoms with Crippen LogP contribution in [-0.4, -0.2) is 35.7 Å². The molecule has 3 aromatic heterocycles. The number of aryl methyl sites for hydroxylation is 1. The number of carbonyl (C=O) groups excluding carboxylic acids is 1. The van der Waals surface area contributed by atoms with Crippen LogP contribution < -0.4 is 10.9 Å². The number of benzene rings is 1. The van der Waals surface area contributed by atoms with Crippen LogP contribution in [0.25, 0.3) is 0 Å². The summed E-state index contributed by atoms with van der Waals surface area (Å²) < 4.78 is 20.0. The number of carbonyl (C=O) groups is 1. The van der Waals surface area contributed by atoms with Gasteiger partial charge in [-0.25, -0.2) is 9.37 Å². The summed E-state index contributed by atoms with van der Waals surface area (Å²) in [6.45, 7) is 3.50. The quantitative estimate of drug-likeness (QED) is 0.412. The minimum atomic E-state index is -0.840. The van der Waals surface area contributed by atoms with Gasteiger partial charge < -0.3 is 14.9 Å². The van der Waals surface area contributed by atoms with Crippen LogP contribution >= 0.6 is 11.6 Å². The standard InChI is InChI=1S/C23H20ClFN6O4/c1-11-7-27-17(9-26-11)18(15-6-13(25)4-5-16(15)24)12(2)21-30-19(20(32)23(34)31(21)3)22(33)29-14-8-28-35-10-14/h4-10,12,18,32H,1-3H3,(H,29,33)/t12-,18-/m1/s1. The molecule has 4 rings (SSSR count). The fourth-order valence-electron chi connectivity index (χ4n) is 3.78. The summed E-state index contributed by atoms with van der Waals surface area (Å²) in [5.74, 6) is -3.39. The molecule has 0 saturated carbocycles. The fraction of sp³-hybridized carbons (Fsp3) is 0.217. The second-order valence-corrected chi connectivity index (χ2v) is 8.32. The number of rotatable bonds is 6. The molecule has 0 aliphatic rings. The maximum absolute atomic E-state index is 14.2. The van der Waals surface area contributed by atoms with Gasteiger partial charge in [0, 0.05) is 36.3 Å². The molecular weight excluding hydrogens is 479 g/mol. The van der Waals surface area contributed by atoms with E-state index in [0.29, 0.717) is 17.0 Å². The summed E-state index contributed by atoms with van der Waals surface area (Å²) in [6.07, 6.45) is 5.52. The summed E-state index contributed by atoms with van der Waals surface area (Å²) in [7, 11) is 1.41. The third-order valence-corrected chi connectivity index (χ3v) is 5.87. The van der Waals surface area contributed by atoms with E-state index in [4.69, 9.17) is 11.6 Å². The number of amides is 1. The van der Waals surface area contributed by atoms with Gasteiger partial charge >= 0.3 is 0 Å². The zero-order chi connectivity index (χ0) is 25.3. The van der Waals surface area contributed by atoms with Crippen LogP contribution in [0.5, 0.6) is 5.75 Å². The molecule has 35 heavy (non-hydrogen) atoms. The normalized spacial score (nSPS) is 12.8. The molecule has 0 fully saturated rings. The number of nitrogens with one attached hydrogen (secondary N) is 1. The minimum Gasteiger partial charge on any atom is -0.501 e. The van der Waals surface area contributed by atoms with Crippen molar-refractivity contribution in [2.75, 3.05) is 5.32 Å². The number of hydrogen-bond acceptors (Lipinski definition) is 8. The van der Waals surface area contributed by atoms with Gasteiger partial charge in [0.05, 0.1) is 17.6 Å². The van der Waals surface area contributed by atoms with Crippen LogP contribution in [0.4, 0.5) is 10.1 Å². The predicted molar refractivity (Wildman–Crippen MR) is 124 cm³/mol.